The zero-order valence-electron chi connectivity index (χ0n) is 15.4. The second-order valence-corrected chi connectivity index (χ2v) is 9.23. The molecule has 3 heterocycles. The van der Waals surface area contributed by atoms with Crippen LogP contribution in [0.5, 0.6) is 0 Å². The van der Waals surface area contributed by atoms with Gasteiger partial charge < -0.3 is 9.55 Å². The molecule has 0 unspecified atom stereocenters. The van der Waals surface area contributed by atoms with Crippen molar-refractivity contribution in [1.82, 2.24) is 14.5 Å². The van der Waals surface area contributed by atoms with Crippen LogP contribution in [0.1, 0.15) is 18.2 Å². The van der Waals surface area contributed by atoms with Gasteiger partial charge >= 0.3 is 0 Å². The van der Waals surface area contributed by atoms with Crippen molar-refractivity contribution in [3.05, 3.63) is 52.2 Å². The second-order valence-electron chi connectivity index (χ2n) is 5.95. The molecule has 27 heavy (non-hydrogen) atoms. The Balaban J connectivity index is 0.00000261. The fourth-order valence-electron chi connectivity index (χ4n) is 2.69. The van der Waals surface area contributed by atoms with Gasteiger partial charge in [-0.25, -0.2) is 17.7 Å². The molecule has 1 N–H and O–H groups in total. The Morgan fingerprint density at radius 2 is 2.04 bits per heavy atom. The Kier molecular flexibility index (Phi) is 6.18. The molecule has 3 rings (SSSR count). The van der Waals surface area contributed by atoms with E-state index in [9.17, 15) is 13.2 Å². The number of aryl methyl sites for hydroxylation is 3. The van der Waals surface area contributed by atoms with Crippen molar-refractivity contribution in [3.63, 3.8) is 0 Å². The number of hydrogen-bond acceptors (Lipinski definition) is 5. The summed E-state index contributed by atoms with van der Waals surface area (Å²) in [5.41, 5.74) is 2.13. The van der Waals surface area contributed by atoms with Gasteiger partial charge in [-0.2, -0.15) is 0 Å². The highest BCUT2D eigenvalue weighted by Gasteiger charge is 2.26. The largest absolute Gasteiger partial charge is 0.326 e. The van der Waals surface area contributed by atoms with Crippen molar-refractivity contribution in [2.24, 2.45) is 7.05 Å². The molecule has 0 bridgehead atoms. The average molecular weight is 429 g/mol. The SMILES string of the molecule is CCc1cc(-c2ccc(S(=O)(=O)N(C)c3nccn3C)s2)c(C)[nH]c1=O.Cl. The van der Waals surface area contributed by atoms with Gasteiger partial charge in [0.2, 0.25) is 5.95 Å². The summed E-state index contributed by atoms with van der Waals surface area (Å²) in [4.78, 5) is 19.6. The first kappa shape index (κ1) is 21.2. The third-order valence-corrected chi connectivity index (χ3v) is 7.56. The fraction of sp³-hybridized carbons (Fsp3) is 0.294. The lowest BCUT2D eigenvalue weighted by Gasteiger charge is -2.17. The molecular weight excluding hydrogens is 408 g/mol. The normalized spacial score (nSPS) is 11.3. The lowest BCUT2D eigenvalue weighted by atomic mass is 10.1. The lowest BCUT2D eigenvalue weighted by molar-refractivity contribution is 0.594. The highest BCUT2D eigenvalue weighted by Crippen LogP contribution is 2.34. The molecule has 10 heteroatoms. The van der Waals surface area contributed by atoms with Crippen molar-refractivity contribution in [2.75, 3.05) is 11.4 Å². The van der Waals surface area contributed by atoms with Crippen LogP contribution in [-0.4, -0.2) is 30.0 Å². The first-order valence-electron chi connectivity index (χ1n) is 8.05. The molecular formula is C17H21ClN4O3S2. The molecule has 0 aromatic carbocycles. The maximum atomic E-state index is 12.9. The molecule has 7 nitrogen and oxygen atoms in total. The molecule has 146 valence electrons. The zero-order valence-corrected chi connectivity index (χ0v) is 17.8. The van der Waals surface area contributed by atoms with Crippen LogP contribution >= 0.6 is 23.7 Å². The number of anilines is 1. The van der Waals surface area contributed by atoms with Crippen LogP contribution in [0.3, 0.4) is 0 Å². The van der Waals surface area contributed by atoms with E-state index in [1.54, 1.807) is 36.1 Å². The molecule has 0 amide bonds. The molecule has 0 radical (unpaired) electrons. The van der Waals surface area contributed by atoms with Crippen molar-refractivity contribution in [2.45, 2.75) is 24.5 Å². The predicted molar refractivity (Wildman–Crippen MR) is 111 cm³/mol. The van der Waals surface area contributed by atoms with Gasteiger partial charge in [0.1, 0.15) is 4.21 Å². The van der Waals surface area contributed by atoms with Crippen molar-refractivity contribution >= 4 is 39.7 Å². The Bertz CT molecular complexity index is 1120. The lowest BCUT2D eigenvalue weighted by Crippen LogP contribution is -2.28. The first-order valence-corrected chi connectivity index (χ1v) is 10.3. The number of aromatic amines is 1. The number of H-pyrrole nitrogens is 1. The van der Waals surface area contributed by atoms with E-state index in [0.29, 0.717) is 17.9 Å². The van der Waals surface area contributed by atoms with Crippen LogP contribution in [0.15, 0.2) is 39.6 Å². The van der Waals surface area contributed by atoms with Gasteiger partial charge in [0.15, 0.2) is 0 Å². The fourth-order valence-corrected chi connectivity index (χ4v) is 5.43. The average Bonchev–Trinajstić information content (AvgIpc) is 3.23. The van der Waals surface area contributed by atoms with Gasteiger partial charge in [-0.05, 0) is 31.5 Å². The van der Waals surface area contributed by atoms with Gasteiger partial charge in [-0.3, -0.25) is 4.79 Å². The standard InChI is InChI=1S/C17H20N4O3S2.ClH/c1-5-12-10-13(11(2)19-16(12)22)14-6-7-15(25-14)26(23,24)21(4)17-18-8-9-20(17)3;/h6-10H,5H2,1-4H3,(H,19,22);1H. The Morgan fingerprint density at radius 3 is 2.63 bits per heavy atom. The van der Waals surface area contributed by atoms with E-state index in [0.717, 1.165) is 16.1 Å². The quantitative estimate of drug-likeness (QED) is 0.676. The summed E-state index contributed by atoms with van der Waals surface area (Å²) in [6.07, 6.45) is 3.86. The number of pyridine rings is 1. The Hall–Kier alpha value is -2.10. The maximum Gasteiger partial charge on any atom is 0.275 e. The van der Waals surface area contributed by atoms with E-state index in [4.69, 9.17) is 0 Å². The smallest absolute Gasteiger partial charge is 0.275 e. The van der Waals surface area contributed by atoms with E-state index < -0.39 is 10.0 Å². The molecule has 3 aromatic heterocycles. The number of halogens is 1. The second kappa shape index (κ2) is 7.87. The molecule has 0 saturated heterocycles. The third-order valence-electron chi connectivity index (χ3n) is 4.24. The van der Waals surface area contributed by atoms with E-state index in [1.165, 1.54) is 22.7 Å². The van der Waals surface area contributed by atoms with Gasteiger partial charge in [0.25, 0.3) is 15.6 Å². The molecule has 3 aromatic rings. The Labute approximate surface area is 168 Å². The summed E-state index contributed by atoms with van der Waals surface area (Å²) >= 11 is 1.17. The maximum absolute atomic E-state index is 12.9. The van der Waals surface area contributed by atoms with Crippen LogP contribution in [0.25, 0.3) is 10.4 Å². The highest BCUT2D eigenvalue weighted by molar-refractivity contribution is 7.94. The molecule has 0 fully saturated rings. The summed E-state index contributed by atoms with van der Waals surface area (Å²) < 4.78 is 28.9. The monoisotopic (exact) mass is 428 g/mol. The summed E-state index contributed by atoms with van der Waals surface area (Å²) in [7, 11) is -0.488. The summed E-state index contributed by atoms with van der Waals surface area (Å²) in [6.45, 7) is 3.72. The van der Waals surface area contributed by atoms with Gasteiger partial charge in [0.05, 0.1) is 0 Å². The number of sulfonamides is 1. The molecule has 0 spiro atoms. The number of rotatable bonds is 5. The molecule has 0 aliphatic rings. The van der Waals surface area contributed by atoms with Crippen LogP contribution in [0.4, 0.5) is 5.95 Å². The van der Waals surface area contributed by atoms with E-state index >= 15 is 0 Å². The molecule has 0 saturated carbocycles. The minimum absolute atomic E-state index is 0. The minimum atomic E-state index is -3.71. The molecule has 0 atom stereocenters. The third kappa shape index (κ3) is 3.80. The minimum Gasteiger partial charge on any atom is -0.326 e. The summed E-state index contributed by atoms with van der Waals surface area (Å²) in [6, 6.07) is 5.19. The summed E-state index contributed by atoms with van der Waals surface area (Å²) in [5.74, 6) is 0.341. The Morgan fingerprint density at radius 1 is 1.33 bits per heavy atom. The number of nitrogens with one attached hydrogen (secondary N) is 1. The molecule has 0 aliphatic carbocycles. The summed E-state index contributed by atoms with van der Waals surface area (Å²) in [5, 5.41) is 0. The number of nitrogens with zero attached hydrogens (tertiary/aromatic N) is 3. The number of imidazole rings is 1. The van der Waals surface area contributed by atoms with Crippen LogP contribution in [0, 0.1) is 6.92 Å². The number of hydrogen-bond donors (Lipinski definition) is 1. The van der Waals surface area contributed by atoms with Gasteiger partial charge in [0, 0.05) is 48.2 Å². The number of thiophene rings is 1. The highest BCUT2D eigenvalue weighted by atomic mass is 35.5. The van der Waals surface area contributed by atoms with Crippen LogP contribution in [0.2, 0.25) is 0 Å². The zero-order chi connectivity index (χ0) is 19.1. The molecule has 0 aliphatic heterocycles. The topological polar surface area (TPSA) is 88.1 Å². The van der Waals surface area contributed by atoms with Crippen molar-refractivity contribution in [3.8, 4) is 10.4 Å². The van der Waals surface area contributed by atoms with Crippen molar-refractivity contribution in [1.29, 1.82) is 0 Å². The van der Waals surface area contributed by atoms with Gasteiger partial charge in [-0.1, -0.05) is 6.92 Å². The van der Waals surface area contributed by atoms with E-state index in [-0.39, 0.29) is 22.2 Å². The predicted octanol–water partition coefficient (Wildman–Crippen LogP) is 2.95. The van der Waals surface area contributed by atoms with Gasteiger partial charge in [-0.15, -0.1) is 23.7 Å². The van der Waals surface area contributed by atoms with Crippen molar-refractivity contribution < 1.29 is 8.42 Å². The van der Waals surface area contributed by atoms with E-state index in [1.807, 2.05) is 19.9 Å². The first-order chi connectivity index (χ1) is 12.3. The van der Waals surface area contributed by atoms with Crippen LogP contribution < -0.4 is 9.86 Å². The van der Waals surface area contributed by atoms with Crippen LogP contribution in [-0.2, 0) is 23.5 Å². The van der Waals surface area contributed by atoms with E-state index in [2.05, 4.69) is 9.97 Å². The number of aromatic nitrogens is 3.